The fourth-order valence-electron chi connectivity index (χ4n) is 2.34. The Morgan fingerprint density at radius 3 is 2.43 bits per heavy atom. The van der Waals surface area contributed by atoms with Gasteiger partial charge in [-0.05, 0) is 26.3 Å². The first kappa shape index (κ1) is 20.2. The van der Waals surface area contributed by atoms with Crippen LogP contribution < -0.4 is 10.6 Å². The minimum atomic E-state index is -0.473. The number of nitrogens with zero attached hydrogens (tertiary/aromatic N) is 1. The lowest BCUT2D eigenvalue weighted by Crippen LogP contribution is -2.53. The SMILES string of the molecule is CCCN(C(=O)C(C)NC(=O)C(C)(C)C)C1CCNC1.Cl. The van der Waals surface area contributed by atoms with Gasteiger partial charge in [0.1, 0.15) is 6.04 Å². The minimum absolute atomic E-state index is 0. The Balaban J connectivity index is 0.00000400. The lowest BCUT2D eigenvalue weighted by Gasteiger charge is -2.32. The first-order valence-electron chi connectivity index (χ1n) is 7.59. The summed E-state index contributed by atoms with van der Waals surface area (Å²) in [4.78, 5) is 26.5. The first-order valence-corrected chi connectivity index (χ1v) is 7.59. The summed E-state index contributed by atoms with van der Waals surface area (Å²) in [6.07, 6.45) is 1.92. The van der Waals surface area contributed by atoms with E-state index in [0.717, 1.165) is 32.5 Å². The highest BCUT2D eigenvalue weighted by Gasteiger charge is 2.31. The van der Waals surface area contributed by atoms with E-state index in [9.17, 15) is 9.59 Å². The highest BCUT2D eigenvalue weighted by atomic mass is 35.5. The quantitative estimate of drug-likeness (QED) is 0.808. The van der Waals surface area contributed by atoms with E-state index < -0.39 is 11.5 Å². The summed E-state index contributed by atoms with van der Waals surface area (Å²) in [6, 6.07) is -0.203. The van der Waals surface area contributed by atoms with Crippen molar-refractivity contribution in [2.75, 3.05) is 19.6 Å². The van der Waals surface area contributed by atoms with Gasteiger partial charge in [0.15, 0.2) is 0 Å². The Labute approximate surface area is 134 Å². The van der Waals surface area contributed by atoms with Gasteiger partial charge in [0.2, 0.25) is 11.8 Å². The van der Waals surface area contributed by atoms with Crippen molar-refractivity contribution >= 4 is 24.2 Å². The zero-order chi connectivity index (χ0) is 15.3. The smallest absolute Gasteiger partial charge is 0.245 e. The Morgan fingerprint density at radius 2 is 2.00 bits per heavy atom. The maximum Gasteiger partial charge on any atom is 0.245 e. The van der Waals surface area contributed by atoms with Crippen LogP contribution in [0.2, 0.25) is 0 Å². The van der Waals surface area contributed by atoms with Crippen LogP contribution in [0.4, 0.5) is 0 Å². The van der Waals surface area contributed by atoms with Crippen LogP contribution in [0.3, 0.4) is 0 Å². The van der Waals surface area contributed by atoms with Crippen molar-refractivity contribution in [2.45, 2.75) is 59.5 Å². The molecule has 2 unspecified atom stereocenters. The number of carbonyl (C=O) groups is 2. The van der Waals surface area contributed by atoms with Crippen molar-refractivity contribution in [3.05, 3.63) is 0 Å². The van der Waals surface area contributed by atoms with Gasteiger partial charge in [-0.15, -0.1) is 12.4 Å². The number of rotatable bonds is 5. The molecule has 0 bridgehead atoms. The third-order valence-corrected chi connectivity index (χ3v) is 3.62. The molecule has 0 radical (unpaired) electrons. The summed E-state index contributed by atoms with van der Waals surface area (Å²) >= 11 is 0. The lowest BCUT2D eigenvalue weighted by molar-refractivity contribution is -0.139. The number of nitrogens with one attached hydrogen (secondary N) is 2. The summed E-state index contributed by atoms with van der Waals surface area (Å²) in [5.74, 6) is -0.0579. The second-order valence-electron chi connectivity index (χ2n) is 6.62. The molecular formula is C15H30ClN3O2. The maximum atomic E-state index is 12.6. The van der Waals surface area contributed by atoms with Crippen LogP contribution in [-0.2, 0) is 9.59 Å². The fourth-order valence-corrected chi connectivity index (χ4v) is 2.34. The molecule has 1 aliphatic rings. The molecule has 5 nitrogen and oxygen atoms in total. The van der Waals surface area contributed by atoms with Crippen molar-refractivity contribution in [1.82, 2.24) is 15.5 Å². The number of carbonyl (C=O) groups excluding carboxylic acids is 2. The molecule has 0 saturated carbocycles. The Bertz CT molecular complexity index is 349. The van der Waals surface area contributed by atoms with Gasteiger partial charge in [-0.3, -0.25) is 9.59 Å². The monoisotopic (exact) mass is 319 g/mol. The van der Waals surface area contributed by atoms with Gasteiger partial charge in [-0.1, -0.05) is 27.7 Å². The van der Waals surface area contributed by atoms with Crippen molar-refractivity contribution in [3.63, 3.8) is 0 Å². The van der Waals surface area contributed by atoms with Crippen LogP contribution in [0.15, 0.2) is 0 Å². The second-order valence-corrected chi connectivity index (χ2v) is 6.62. The molecule has 1 rings (SSSR count). The molecule has 124 valence electrons. The summed E-state index contributed by atoms with van der Waals surface area (Å²) in [6.45, 7) is 12.0. The zero-order valence-electron chi connectivity index (χ0n) is 13.9. The molecule has 2 N–H and O–H groups in total. The largest absolute Gasteiger partial charge is 0.344 e. The Morgan fingerprint density at radius 1 is 1.38 bits per heavy atom. The lowest BCUT2D eigenvalue weighted by atomic mass is 9.95. The number of amides is 2. The van der Waals surface area contributed by atoms with E-state index in [1.165, 1.54) is 0 Å². The average Bonchev–Trinajstić information content (AvgIpc) is 2.87. The Kier molecular flexibility index (Phi) is 8.26. The average molecular weight is 320 g/mol. The van der Waals surface area contributed by atoms with E-state index in [1.807, 2.05) is 25.7 Å². The minimum Gasteiger partial charge on any atom is -0.344 e. The zero-order valence-corrected chi connectivity index (χ0v) is 14.7. The molecule has 6 heteroatoms. The molecule has 21 heavy (non-hydrogen) atoms. The topological polar surface area (TPSA) is 61.4 Å². The van der Waals surface area contributed by atoms with E-state index in [1.54, 1.807) is 6.92 Å². The second kappa shape index (κ2) is 8.59. The molecule has 1 aliphatic heterocycles. The third kappa shape index (κ3) is 5.83. The summed E-state index contributed by atoms with van der Waals surface area (Å²) in [7, 11) is 0. The molecule has 2 amide bonds. The van der Waals surface area contributed by atoms with Crippen molar-refractivity contribution < 1.29 is 9.59 Å². The summed E-state index contributed by atoms with van der Waals surface area (Å²) in [5, 5.41) is 6.12. The summed E-state index contributed by atoms with van der Waals surface area (Å²) < 4.78 is 0. The van der Waals surface area contributed by atoms with Gasteiger partial charge >= 0.3 is 0 Å². The molecule has 0 aromatic rings. The van der Waals surface area contributed by atoms with Gasteiger partial charge in [-0.25, -0.2) is 0 Å². The summed E-state index contributed by atoms with van der Waals surface area (Å²) in [5.41, 5.74) is -0.473. The van der Waals surface area contributed by atoms with Crippen LogP contribution in [0.1, 0.15) is 47.5 Å². The van der Waals surface area contributed by atoms with Gasteiger partial charge in [0, 0.05) is 24.5 Å². The van der Waals surface area contributed by atoms with Crippen molar-refractivity contribution in [2.24, 2.45) is 5.41 Å². The molecule has 2 atom stereocenters. The molecular weight excluding hydrogens is 290 g/mol. The molecule has 1 fully saturated rings. The van der Waals surface area contributed by atoms with Crippen molar-refractivity contribution in [3.8, 4) is 0 Å². The predicted molar refractivity (Wildman–Crippen MR) is 87.6 cm³/mol. The van der Waals surface area contributed by atoms with E-state index in [4.69, 9.17) is 0 Å². The maximum absolute atomic E-state index is 12.6. The Hall–Kier alpha value is -0.810. The van der Waals surface area contributed by atoms with E-state index in [0.29, 0.717) is 0 Å². The van der Waals surface area contributed by atoms with Crippen LogP contribution in [0, 0.1) is 5.41 Å². The molecule has 0 spiro atoms. The molecule has 0 aromatic heterocycles. The third-order valence-electron chi connectivity index (χ3n) is 3.62. The number of halogens is 1. The van der Waals surface area contributed by atoms with Crippen LogP contribution in [0.25, 0.3) is 0 Å². The molecule has 0 aliphatic carbocycles. The van der Waals surface area contributed by atoms with Gasteiger partial charge < -0.3 is 15.5 Å². The van der Waals surface area contributed by atoms with Gasteiger partial charge in [-0.2, -0.15) is 0 Å². The highest BCUT2D eigenvalue weighted by molar-refractivity contribution is 5.89. The highest BCUT2D eigenvalue weighted by Crippen LogP contribution is 2.15. The van der Waals surface area contributed by atoms with Crippen molar-refractivity contribution in [1.29, 1.82) is 0 Å². The number of hydrogen-bond donors (Lipinski definition) is 2. The normalized spacial score (nSPS) is 19.6. The van der Waals surface area contributed by atoms with E-state index in [2.05, 4.69) is 17.6 Å². The predicted octanol–water partition coefficient (Wildman–Crippen LogP) is 1.56. The van der Waals surface area contributed by atoms with E-state index in [-0.39, 0.29) is 30.3 Å². The van der Waals surface area contributed by atoms with Gasteiger partial charge in [0.25, 0.3) is 0 Å². The number of hydrogen-bond acceptors (Lipinski definition) is 3. The van der Waals surface area contributed by atoms with Crippen LogP contribution in [0.5, 0.6) is 0 Å². The fraction of sp³-hybridized carbons (Fsp3) is 0.867. The van der Waals surface area contributed by atoms with Crippen LogP contribution in [-0.4, -0.2) is 48.4 Å². The molecule has 1 heterocycles. The van der Waals surface area contributed by atoms with Crippen LogP contribution >= 0.6 is 12.4 Å². The molecule has 1 saturated heterocycles. The van der Waals surface area contributed by atoms with Gasteiger partial charge in [0.05, 0.1) is 0 Å². The van der Waals surface area contributed by atoms with E-state index >= 15 is 0 Å². The first-order chi connectivity index (χ1) is 9.27. The standard InChI is InChI=1S/C15H29N3O2.ClH/c1-6-9-18(12-7-8-16-10-12)13(19)11(2)17-14(20)15(3,4)5;/h11-12,16H,6-10H2,1-5H3,(H,17,20);1H. The molecule has 0 aromatic carbocycles.